The Bertz CT molecular complexity index is 583. The first-order valence-electron chi connectivity index (χ1n) is 16.8. The molecule has 0 aliphatic carbocycles. The number of allylic oxidation sites excluding steroid dienone is 2. The van der Waals surface area contributed by atoms with Crippen molar-refractivity contribution in [2.45, 2.75) is 174 Å². The van der Waals surface area contributed by atoms with Crippen LogP contribution in [0.15, 0.2) is 24.8 Å². The minimum atomic E-state index is -0.922. The number of carboxylic acid groups (broad SMARTS) is 1. The van der Waals surface area contributed by atoms with Crippen LogP contribution in [0.25, 0.3) is 0 Å². The monoisotopic (exact) mass is 548 g/mol. The molecule has 4 nitrogen and oxygen atoms in total. The van der Waals surface area contributed by atoms with Gasteiger partial charge in [-0.2, -0.15) is 0 Å². The predicted molar refractivity (Wildman–Crippen MR) is 167 cm³/mol. The van der Waals surface area contributed by atoms with Gasteiger partial charge < -0.3 is 9.84 Å². The van der Waals surface area contributed by atoms with Crippen molar-refractivity contribution >= 4 is 11.9 Å². The van der Waals surface area contributed by atoms with E-state index in [0.29, 0.717) is 6.42 Å². The van der Waals surface area contributed by atoms with E-state index in [1.807, 2.05) is 0 Å². The van der Waals surface area contributed by atoms with Crippen molar-refractivity contribution in [2.75, 3.05) is 6.61 Å². The Morgan fingerprint density at radius 3 is 1.41 bits per heavy atom. The van der Waals surface area contributed by atoms with Crippen LogP contribution >= 0.6 is 0 Å². The highest BCUT2D eigenvalue weighted by atomic mass is 16.5. The molecule has 0 aromatic heterocycles. The summed E-state index contributed by atoms with van der Waals surface area (Å²) in [5.41, 5.74) is 0. The maximum atomic E-state index is 11.6. The van der Waals surface area contributed by atoms with Gasteiger partial charge in [-0.1, -0.05) is 160 Å². The van der Waals surface area contributed by atoms with Gasteiger partial charge in [-0.05, 0) is 32.1 Å². The number of carbonyl (C=O) groups excluding carboxylic acids is 1. The van der Waals surface area contributed by atoms with Crippen molar-refractivity contribution in [3.8, 4) is 0 Å². The molecule has 0 heterocycles. The van der Waals surface area contributed by atoms with Crippen molar-refractivity contribution in [3.05, 3.63) is 24.8 Å². The highest BCUT2D eigenvalue weighted by Gasteiger charge is 2.21. The van der Waals surface area contributed by atoms with Crippen LogP contribution in [0.3, 0.4) is 0 Å². The summed E-state index contributed by atoms with van der Waals surface area (Å²) in [6.45, 7) is 5.91. The zero-order valence-electron chi connectivity index (χ0n) is 25.8. The van der Waals surface area contributed by atoms with Crippen LogP contribution < -0.4 is 0 Å². The molecule has 1 N–H and O–H groups in total. The number of esters is 1. The molecule has 0 aromatic carbocycles. The largest absolute Gasteiger partial charge is 0.481 e. The molecule has 4 heteroatoms. The lowest BCUT2D eigenvalue weighted by Gasteiger charge is -2.10. The van der Waals surface area contributed by atoms with Gasteiger partial charge in [0.2, 0.25) is 0 Å². The van der Waals surface area contributed by atoms with Crippen LogP contribution in [-0.4, -0.2) is 23.7 Å². The second-order valence-electron chi connectivity index (χ2n) is 11.5. The average molecular weight is 549 g/mol. The van der Waals surface area contributed by atoms with E-state index in [1.165, 1.54) is 141 Å². The summed E-state index contributed by atoms with van der Waals surface area (Å²) in [4.78, 5) is 23.0. The van der Waals surface area contributed by atoms with Gasteiger partial charge in [0.1, 0.15) is 6.61 Å². The topological polar surface area (TPSA) is 63.6 Å². The standard InChI is InChI=1S/C35H64O4/c1-3-5-6-7-8-9-10-11-12-13-14-15-16-17-18-19-20-21-22-23-24-25-26-27-28-29-30-33(35(37)38)32-34(36)39-31-4-2/h4,26-27,33H,2-3,5-25,28-32H2,1H3,(H,37,38)/b27-26+. The zero-order valence-corrected chi connectivity index (χ0v) is 25.8. The Kier molecular flexibility index (Phi) is 29.7. The maximum Gasteiger partial charge on any atom is 0.307 e. The highest BCUT2D eigenvalue weighted by molar-refractivity contribution is 5.78. The second-order valence-corrected chi connectivity index (χ2v) is 11.5. The molecule has 0 saturated heterocycles. The maximum absolute atomic E-state index is 11.6. The van der Waals surface area contributed by atoms with Crippen molar-refractivity contribution in [3.63, 3.8) is 0 Å². The third-order valence-electron chi connectivity index (χ3n) is 7.69. The number of hydrogen-bond acceptors (Lipinski definition) is 3. The molecule has 0 aliphatic heterocycles. The predicted octanol–water partition coefficient (Wildman–Crippen LogP) is 11.1. The SMILES string of the molecule is C=CCOC(=O)CC(CCC/C=C/CCCCCCCCCCCCCCCCCCCCCCC)C(=O)O. The molecule has 0 radical (unpaired) electrons. The van der Waals surface area contributed by atoms with E-state index in [4.69, 9.17) is 4.74 Å². The molecule has 0 spiro atoms. The van der Waals surface area contributed by atoms with Gasteiger partial charge in [0.25, 0.3) is 0 Å². The fourth-order valence-electron chi connectivity index (χ4n) is 5.14. The second kappa shape index (κ2) is 31.0. The molecular weight excluding hydrogens is 484 g/mol. The van der Waals surface area contributed by atoms with Gasteiger partial charge in [0.15, 0.2) is 0 Å². The number of rotatable bonds is 31. The van der Waals surface area contributed by atoms with E-state index in [9.17, 15) is 14.7 Å². The fraction of sp³-hybridized carbons (Fsp3) is 0.829. The van der Waals surface area contributed by atoms with E-state index >= 15 is 0 Å². The van der Waals surface area contributed by atoms with Crippen LogP contribution in [0, 0.1) is 5.92 Å². The lowest BCUT2D eigenvalue weighted by atomic mass is 9.98. The summed E-state index contributed by atoms with van der Waals surface area (Å²) >= 11 is 0. The summed E-state index contributed by atoms with van der Waals surface area (Å²) < 4.78 is 4.90. The quantitative estimate of drug-likeness (QED) is 0.0531. The van der Waals surface area contributed by atoms with Gasteiger partial charge in [-0.3, -0.25) is 9.59 Å². The number of aliphatic carboxylic acids is 1. The normalized spacial score (nSPS) is 12.1. The number of carboxylic acids is 1. The summed E-state index contributed by atoms with van der Waals surface area (Å²) in [6, 6.07) is 0. The number of unbranched alkanes of at least 4 members (excludes halogenated alkanes) is 22. The first-order chi connectivity index (χ1) is 19.1. The molecule has 1 atom stereocenters. The lowest BCUT2D eigenvalue weighted by molar-refractivity contribution is -0.151. The van der Waals surface area contributed by atoms with Crippen LogP contribution in [-0.2, 0) is 14.3 Å². The van der Waals surface area contributed by atoms with Crippen molar-refractivity contribution in [1.29, 1.82) is 0 Å². The molecule has 0 bridgehead atoms. The minimum absolute atomic E-state index is 0.0632. The summed E-state index contributed by atoms with van der Waals surface area (Å²) in [6.07, 6.45) is 38.7. The first-order valence-corrected chi connectivity index (χ1v) is 16.8. The molecule has 39 heavy (non-hydrogen) atoms. The summed E-state index contributed by atoms with van der Waals surface area (Å²) in [5.74, 6) is -2.05. The van der Waals surface area contributed by atoms with Crippen molar-refractivity contribution in [2.24, 2.45) is 5.92 Å². The van der Waals surface area contributed by atoms with Crippen molar-refractivity contribution in [1.82, 2.24) is 0 Å². The van der Waals surface area contributed by atoms with Gasteiger partial charge >= 0.3 is 11.9 Å². The third kappa shape index (κ3) is 29.2. The molecule has 0 aromatic rings. The number of carbonyl (C=O) groups is 2. The fourth-order valence-corrected chi connectivity index (χ4v) is 5.14. The van der Waals surface area contributed by atoms with E-state index in [1.54, 1.807) is 0 Å². The molecule has 0 fully saturated rings. The van der Waals surface area contributed by atoms with E-state index in [-0.39, 0.29) is 13.0 Å². The summed E-state index contributed by atoms with van der Waals surface area (Å²) in [7, 11) is 0. The molecule has 0 aliphatic rings. The Balaban J connectivity index is 3.34. The van der Waals surface area contributed by atoms with Crippen LogP contribution in [0.4, 0.5) is 0 Å². The highest BCUT2D eigenvalue weighted by Crippen LogP contribution is 2.17. The van der Waals surface area contributed by atoms with Gasteiger partial charge in [-0.25, -0.2) is 0 Å². The molecule has 0 saturated carbocycles. The number of hydrogen-bond donors (Lipinski definition) is 1. The number of ether oxygens (including phenoxy) is 1. The van der Waals surface area contributed by atoms with E-state index in [0.717, 1.165) is 19.3 Å². The van der Waals surface area contributed by atoms with Gasteiger partial charge in [-0.15, -0.1) is 0 Å². The lowest BCUT2D eigenvalue weighted by Crippen LogP contribution is -2.19. The van der Waals surface area contributed by atoms with Crippen LogP contribution in [0.5, 0.6) is 0 Å². The van der Waals surface area contributed by atoms with Crippen LogP contribution in [0.1, 0.15) is 174 Å². The minimum Gasteiger partial charge on any atom is -0.481 e. The molecule has 1 unspecified atom stereocenters. The van der Waals surface area contributed by atoms with Gasteiger partial charge in [0.05, 0.1) is 12.3 Å². The smallest absolute Gasteiger partial charge is 0.307 e. The Hall–Kier alpha value is -1.58. The molecule has 228 valence electrons. The average Bonchev–Trinajstić information content (AvgIpc) is 2.93. The van der Waals surface area contributed by atoms with Crippen LogP contribution in [0.2, 0.25) is 0 Å². The Morgan fingerprint density at radius 2 is 1.03 bits per heavy atom. The van der Waals surface area contributed by atoms with E-state index < -0.39 is 17.9 Å². The zero-order chi connectivity index (χ0) is 28.7. The molecular formula is C35H64O4. The van der Waals surface area contributed by atoms with E-state index in [2.05, 4.69) is 25.7 Å². The van der Waals surface area contributed by atoms with Crippen molar-refractivity contribution < 1.29 is 19.4 Å². The van der Waals surface area contributed by atoms with Gasteiger partial charge in [0, 0.05) is 0 Å². The molecule has 0 rings (SSSR count). The Morgan fingerprint density at radius 1 is 0.641 bits per heavy atom. The molecule has 0 amide bonds. The summed E-state index contributed by atoms with van der Waals surface area (Å²) in [5, 5.41) is 9.29. The Labute approximate surface area is 242 Å². The first kappa shape index (κ1) is 37.4. The third-order valence-corrected chi connectivity index (χ3v) is 7.69.